The lowest BCUT2D eigenvalue weighted by molar-refractivity contribution is -0.119. The highest BCUT2D eigenvalue weighted by Crippen LogP contribution is 2.25. The number of aromatic hydroxyl groups is 1. The number of carbonyl (C=O) groups is 1. The van der Waals surface area contributed by atoms with Crippen molar-refractivity contribution in [2.75, 3.05) is 20.2 Å². The van der Waals surface area contributed by atoms with Gasteiger partial charge in [0, 0.05) is 38.2 Å². The molecule has 0 spiro atoms. The highest BCUT2D eigenvalue weighted by Gasteiger charge is 2.23. The highest BCUT2D eigenvalue weighted by molar-refractivity contribution is 5.73. The molecule has 2 N–H and O–H groups in total. The van der Waals surface area contributed by atoms with Crippen molar-refractivity contribution in [1.29, 1.82) is 0 Å². The van der Waals surface area contributed by atoms with Crippen molar-refractivity contribution >= 4 is 5.91 Å². The van der Waals surface area contributed by atoms with E-state index in [-0.39, 0.29) is 17.7 Å². The molecule has 1 aromatic carbocycles. The van der Waals surface area contributed by atoms with Crippen LogP contribution >= 0.6 is 0 Å². The Balaban J connectivity index is 1.97. The number of rotatable bonds is 4. The zero-order valence-electron chi connectivity index (χ0n) is 11.3. The molecule has 0 aromatic heterocycles. The van der Waals surface area contributed by atoms with Crippen LogP contribution in [0.3, 0.4) is 0 Å². The van der Waals surface area contributed by atoms with Crippen LogP contribution in [0.1, 0.15) is 18.9 Å². The number of hydrogen-bond acceptors (Lipinski definition) is 4. The summed E-state index contributed by atoms with van der Waals surface area (Å²) in [5.74, 6) is 1.03. The van der Waals surface area contributed by atoms with Crippen molar-refractivity contribution in [2.45, 2.75) is 25.9 Å². The predicted molar refractivity (Wildman–Crippen MR) is 72.2 cm³/mol. The molecule has 1 aliphatic rings. The largest absolute Gasteiger partial charge is 0.508 e. The number of hydrogen-bond donors (Lipinski definition) is 2. The summed E-state index contributed by atoms with van der Waals surface area (Å²) in [6.07, 6.45) is 0.949. The normalized spacial score (nSPS) is 19.4. The minimum atomic E-state index is 0.0103. The second-order valence-electron chi connectivity index (χ2n) is 4.92. The van der Waals surface area contributed by atoms with E-state index in [0.717, 1.165) is 30.8 Å². The van der Waals surface area contributed by atoms with E-state index in [0.29, 0.717) is 6.54 Å². The Labute approximate surface area is 113 Å². The smallest absolute Gasteiger partial charge is 0.217 e. The van der Waals surface area contributed by atoms with Crippen LogP contribution in [0, 0.1) is 0 Å². The number of methoxy groups -OCH3 is 1. The maximum Gasteiger partial charge on any atom is 0.217 e. The molecule has 2 rings (SSSR count). The molecule has 1 amide bonds. The summed E-state index contributed by atoms with van der Waals surface area (Å²) in [4.78, 5) is 13.2. The molecule has 1 fully saturated rings. The molecule has 1 heterocycles. The van der Waals surface area contributed by atoms with Crippen molar-refractivity contribution < 1.29 is 14.6 Å². The maximum atomic E-state index is 11.0. The first-order valence-corrected chi connectivity index (χ1v) is 6.44. The zero-order chi connectivity index (χ0) is 13.8. The third kappa shape index (κ3) is 3.61. The Morgan fingerprint density at radius 1 is 1.58 bits per heavy atom. The number of phenolic OH excluding ortho intramolecular Hbond substituents is 1. The van der Waals surface area contributed by atoms with Gasteiger partial charge in [0.25, 0.3) is 0 Å². The third-order valence-corrected chi connectivity index (χ3v) is 3.36. The SMILES string of the molecule is COc1ccc(O)c(CN2CCC(NC(C)=O)C2)c1. The van der Waals surface area contributed by atoms with E-state index in [1.807, 2.05) is 6.07 Å². The van der Waals surface area contributed by atoms with Crippen LogP contribution in [0.5, 0.6) is 11.5 Å². The number of benzene rings is 1. The molecule has 1 unspecified atom stereocenters. The summed E-state index contributed by atoms with van der Waals surface area (Å²) in [5, 5.41) is 12.8. The molecule has 0 saturated carbocycles. The van der Waals surface area contributed by atoms with Gasteiger partial charge in [0.05, 0.1) is 7.11 Å². The highest BCUT2D eigenvalue weighted by atomic mass is 16.5. The number of amides is 1. The van der Waals surface area contributed by atoms with Gasteiger partial charge in [0.15, 0.2) is 0 Å². The number of nitrogens with zero attached hydrogens (tertiary/aromatic N) is 1. The van der Waals surface area contributed by atoms with Gasteiger partial charge in [-0.25, -0.2) is 0 Å². The van der Waals surface area contributed by atoms with Gasteiger partial charge in [0.2, 0.25) is 5.91 Å². The summed E-state index contributed by atoms with van der Waals surface area (Å²) in [7, 11) is 1.61. The Morgan fingerprint density at radius 3 is 3.05 bits per heavy atom. The number of phenols is 1. The molecule has 0 aliphatic carbocycles. The van der Waals surface area contributed by atoms with Crippen LogP contribution < -0.4 is 10.1 Å². The van der Waals surface area contributed by atoms with Gasteiger partial charge in [-0.1, -0.05) is 0 Å². The number of carbonyl (C=O) groups excluding carboxylic acids is 1. The van der Waals surface area contributed by atoms with E-state index in [1.54, 1.807) is 19.2 Å². The van der Waals surface area contributed by atoms with Crippen LogP contribution in [0.15, 0.2) is 18.2 Å². The molecular weight excluding hydrogens is 244 g/mol. The number of ether oxygens (including phenoxy) is 1. The second-order valence-corrected chi connectivity index (χ2v) is 4.92. The van der Waals surface area contributed by atoms with Crippen LogP contribution in [0.25, 0.3) is 0 Å². The molecule has 0 bridgehead atoms. The lowest BCUT2D eigenvalue weighted by Crippen LogP contribution is -2.35. The van der Waals surface area contributed by atoms with E-state index in [2.05, 4.69) is 10.2 Å². The monoisotopic (exact) mass is 264 g/mol. The second kappa shape index (κ2) is 5.93. The molecule has 1 aliphatic heterocycles. The van der Waals surface area contributed by atoms with Crippen LogP contribution in [-0.2, 0) is 11.3 Å². The summed E-state index contributed by atoms with van der Waals surface area (Å²) in [6.45, 7) is 3.94. The van der Waals surface area contributed by atoms with E-state index in [1.165, 1.54) is 6.92 Å². The first-order valence-electron chi connectivity index (χ1n) is 6.44. The average molecular weight is 264 g/mol. The number of nitrogens with one attached hydrogen (secondary N) is 1. The molecule has 19 heavy (non-hydrogen) atoms. The molecule has 1 atom stereocenters. The molecule has 5 nitrogen and oxygen atoms in total. The molecular formula is C14H20N2O3. The Kier molecular flexibility index (Phi) is 4.27. The van der Waals surface area contributed by atoms with Gasteiger partial charge in [-0.3, -0.25) is 9.69 Å². The van der Waals surface area contributed by atoms with Crippen molar-refractivity contribution in [3.05, 3.63) is 23.8 Å². The van der Waals surface area contributed by atoms with Crippen molar-refractivity contribution in [1.82, 2.24) is 10.2 Å². The van der Waals surface area contributed by atoms with E-state index in [9.17, 15) is 9.90 Å². The van der Waals surface area contributed by atoms with Crippen LogP contribution in [0.2, 0.25) is 0 Å². The van der Waals surface area contributed by atoms with Crippen molar-refractivity contribution in [2.24, 2.45) is 0 Å². The van der Waals surface area contributed by atoms with Gasteiger partial charge >= 0.3 is 0 Å². The van der Waals surface area contributed by atoms with Crippen LogP contribution in [-0.4, -0.2) is 42.2 Å². The minimum absolute atomic E-state index is 0.0103. The maximum absolute atomic E-state index is 11.0. The van der Waals surface area contributed by atoms with Gasteiger partial charge in [0.1, 0.15) is 11.5 Å². The average Bonchev–Trinajstić information content (AvgIpc) is 2.78. The van der Waals surface area contributed by atoms with Gasteiger partial charge in [-0.2, -0.15) is 0 Å². The molecule has 1 aromatic rings. The zero-order valence-corrected chi connectivity index (χ0v) is 11.3. The van der Waals surface area contributed by atoms with Crippen LogP contribution in [0.4, 0.5) is 0 Å². The van der Waals surface area contributed by atoms with Gasteiger partial charge in [-0.05, 0) is 24.6 Å². The topological polar surface area (TPSA) is 61.8 Å². The van der Waals surface area contributed by atoms with Gasteiger partial charge in [-0.15, -0.1) is 0 Å². The van der Waals surface area contributed by atoms with Gasteiger partial charge < -0.3 is 15.2 Å². The molecule has 0 radical (unpaired) electrons. The first kappa shape index (κ1) is 13.7. The summed E-state index contributed by atoms with van der Waals surface area (Å²) >= 11 is 0. The fraction of sp³-hybridized carbons (Fsp3) is 0.500. The van der Waals surface area contributed by atoms with E-state index in [4.69, 9.17) is 4.74 Å². The standard InChI is InChI=1S/C14H20N2O3/c1-10(17)15-12-5-6-16(9-12)8-11-7-13(19-2)3-4-14(11)18/h3-4,7,12,18H,5-6,8-9H2,1-2H3,(H,15,17). The Hall–Kier alpha value is -1.75. The van der Waals surface area contributed by atoms with Crippen molar-refractivity contribution in [3.8, 4) is 11.5 Å². The van der Waals surface area contributed by atoms with E-state index >= 15 is 0 Å². The predicted octanol–water partition coefficient (Wildman–Crippen LogP) is 1.11. The molecule has 1 saturated heterocycles. The lowest BCUT2D eigenvalue weighted by atomic mass is 10.2. The van der Waals surface area contributed by atoms with E-state index < -0.39 is 0 Å². The molecule has 5 heteroatoms. The molecule has 104 valence electrons. The fourth-order valence-corrected chi connectivity index (χ4v) is 2.44. The Bertz CT molecular complexity index is 462. The summed E-state index contributed by atoms with van der Waals surface area (Å²) < 4.78 is 5.16. The third-order valence-electron chi connectivity index (χ3n) is 3.36. The quantitative estimate of drug-likeness (QED) is 0.855. The number of likely N-dealkylation sites (tertiary alicyclic amines) is 1. The Morgan fingerprint density at radius 2 is 2.37 bits per heavy atom. The minimum Gasteiger partial charge on any atom is -0.508 e. The summed E-state index contributed by atoms with van der Waals surface area (Å²) in [5.41, 5.74) is 0.850. The van der Waals surface area contributed by atoms with Crippen molar-refractivity contribution in [3.63, 3.8) is 0 Å². The fourth-order valence-electron chi connectivity index (χ4n) is 2.44. The lowest BCUT2D eigenvalue weighted by Gasteiger charge is -2.17. The first-order chi connectivity index (χ1) is 9.08. The summed E-state index contributed by atoms with van der Waals surface area (Å²) in [6, 6.07) is 5.45.